The molecule has 2 aromatic rings. The first-order valence-electron chi connectivity index (χ1n) is 12.1. The van der Waals surface area contributed by atoms with E-state index < -0.39 is 30.0 Å². The van der Waals surface area contributed by atoms with Crippen molar-refractivity contribution in [1.29, 1.82) is 0 Å². The third-order valence-electron chi connectivity index (χ3n) is 8.09. The molecule has 2 bridgehead atoms. The van der Waals surface area contributed by atoms with E-state index in [4.69, 9.17) is 14.0 Å². The molecule has 2 heterocycles. The second kappa shape index (κ2) is 7.10. The fraction of sp³-hybridized carbons (Fsp3) is 0.654. The lowest BCUT2D eigenvalue weighted by atomic mass is 9.83. The van der Waals surface area contributed by atoms with E-state index in [2.05, 4.69) is 24.3 Å². The van der Waals surface area contributed by atoms with Gasteiger partial charge in [0.1, 0.15) is 5.60 Å². The summed E-state index contributed by atoms with van der Waals surface area (Å²) >= 11 is 0. The first-order chi connectivity index (χ1) is 14.8. The molecular formula is C26H36BNO4. The van der Waals surface area contributed by atoms with Crippen molar-refractivity contribution in [3.63, 3.8) is 0 Å². The molecule has 0 spiro atoms. The maximum absolute atomic E-state index is 13.3. The molecule has 3 atom stereocenters. The van der Waals surface area contributed by atoms with E-state index in [1.807, 2.05) is 48.5 Å². The van der Waals surface area contributed by atoms with Gasteiger partial charge in [-0.1, -0.05) is 12.5 Å². The molecule has 6 heteroatoms. The minimum atomic E-state index is -0.633. The van der Waals surface area contributed by atoms with Crippen LogP contribution in [0, 0.1) is 11.8 Å². The van der Waals surface area contributed by atoms with Crippen LogP contribution in [0.5, 0.6) is 0 Å². The highest BCUT2D eigenvalue weighted by Gasteiger charge is 2.53. The fourth-order valence-corrected chi connectivity index (χ4v) is 5.79. The maximum Gasteiger partial charge on any atom is 0.513 e. The summed E-state index contributed by atoms with van der Waals surface area (Å²) in [6, 6.07) is 8.62. The molecule has 5 nitrogen and oxygen atoms in total. The van der Waals surface area contributed by atoms with Crippen LogP contribution in [0.15, 0.2) is 24.3 Å². The van der Waals surface area contributed by atoms with Gasteiger partial charge in [-0.25, -0.2) is 4.79 Å². The second-order valence-electron chi connectivity index (χ2n) is 12.1. The number of fused-ring (bicyclic) bond motifs is 3. The molecule has 2 saturated carbocycles. The highest BCUT2D eigenvalue weighted by Crippen LogP contribution is 2.53. The van der Waals surface area contributed by atoms with Crippen molar-refractivity contribution in [2.45, 2.75) is 96.9 Å². The van der Waals surface area contributed by atoms with Gasteiger partial charge in [0.25, 0.3) is 0 Å². The molecule has 0 N–H and O–H groups in total. The Morgan fingerprint density at radius 2 is 1.75 bits per heavy atom. The summed E-state index contributed by atoms with van der Waals surface area (Å²) in [7, 11) is -0.633. The normalized spacial score (nSPS) is 28.6. The van der Waals surface area contributed by atoms with E-state index in [9.17, 15) is 4.79 Å². The zero-order valence-corrected chi connectivity index (χ0v) is 20.5. The summed E-state index contributed by atoms with van der Waals surface area (Å²) in [5.41, 5.74) is 1.37. The zero-order valence-electron chi connectivity index (χ0n) is 20.5. The van der Waals surface area contributed by atoms with Crippen LogP contribution >= 0.6 is 0 Å². The number of hydrogen-bond donors (Lipinski definition) is 0. The van der Waals surface area contributed by atoms with Gasteiger partial charge < -0.3 is 14.0 Å². The second-order valence-corrected chi connectivity index (χ2v) is 12.1. The fourth-order valence-electron chi connectivity index (χ4n) is 5.79. The number of carbonyl (C=O) groups is 1. The van der Waals surface area contributed by atoms with Crippen molar-refractivity contribution < 1.29 is 18.8 Å². The summed E-state index contributed by atoms with van der Waals surface area (Å²) in [6.07, 6.45) is 5.02. The maximum atomic E-state index is 13.3. The van der Waals surface area contributed by atoms with Crippen LogP contribution < -0.4 is 5.59 Å². The topological polar surface area (TPSA) is 49.7 Å². The van der Waals surface area contributed by atoms with Crippen LogP contribution in [0.1, 0.15) is 85.6 Å². The molecule has 3 aliphatic rings. The molecule has 3 fully saturated rings. The van der Waals surface area contributed by atoms with Crippen LogP contribution in [0.25, 0.3) is 10.9 Å². The molecule has 32 heavy (non-hydrogen) atoms. The third kappa shape index (κ3) is 3.60. The summed E-state index contributed by atoms with van der Waals surface area (Å²) in [6.45, 7) is 13.8. The minimum absolute atomic E-state index is 0.398. The number of nitrogens with zero attached hydrogens (tertiary/aromatic N) is 1. The van der Waals surface area contributed by atoms with Crippen molar-refractivity contribution in [2.24, 2.45) is 11.8 Å². The van der Waals surface area contributed by atoms with Crippen LogP contribution in [0.2, 0.25) is 0 Å². The van der Waals surface area contributed by atoms with E-state index in [0.29, 0.717) is 11.5 Å². The van der Waals surface area contributed by atoms with Crippen LogP contribution in [0.3, 0.4) is 0 Å². The highest BCUT2D eigenvalue weighted by atomic mass is 16.7. The van der Waals surface area contributed by atoms with Crippen molar-refractivity contribution in [2.75, 3.05) is 0 Å². The van der Waals surface area contributed by atoms with Gasteiger partial charge in [-0.05, 0) is 109 Å². The molecule has 1 aliphatic heterocycles. The largest absolute Gasteiger partial charge is 0.513 e. The van der Waals surface area contributed by atoms with Crippen molar-refractivity contribution in [3.8, 4) is 0 Å². The first kappa shape index (κ1) is 22.0. The Labute approximate surface area is 191 Å². The van der Waals surface area contributed by atoms with Crippen molar-refractivity contribution in [3.05, 3.63) is 29.8 Å². The molecule has 2 aliphatic carbocycles. The van der Waals surface area contributed by atoms with Gasteiger partial charge >= 0.3 is 13.2 Å². The van der Waals surface area contributed by atoms with Gasteiger partial charge in [-0.3, -0.25) is 4.57 Å². The van der Waals surface area contributed by atoms with Crippen LogP contribution in [0.4, 0.5) is 4.79 Å². The lowest BCUT2D eigenvalue weighted by Gasteiger charge is -2.32. The van der Waals surface area contributed by atoms with Crippen LogP contribution in [-0.4, -0.2) is 34.6 Å². The first-order valence-corrected chi connectivity index (χ1v) is 12.1. The van der Waals surface area contributed by atoms with Gasteiger partial charge in [0.05, 0.1) is 22.3 Å². The van der Waals surface area contributed by atoms with E-state index in [0.717, 1.165) is 22.7 Å². The van der Waals surface area contributed by atoms with Gasteiger partial charge in [0.2, 0.25) is 0 Å². The van der Waals surface area contributed by atoms with Gasteiger partial charge in [0, 0.05) is 5.39 Å². The molecule has 0 amide bonds. The average molecular weight is 437 g/mol. The van der Waals surface area contributed by atoms with Crippen LogP contribution in [-0.2, 0) is 14.0 Å². The zero-order chi connectivity index (χ0) is 23.1. The predicted molar refractivity (Wildman–Crippen MR) is 127 cm³/mol. The van der Waals surface area contributed by atoms with E-state index in [1.165, 1.54) is 31.2 Å². The molecule has 172 valence electrons. The molecule has 5 rings (SSSR count). The van der Waals surface area contributed by atoms with Crippen molar-refractivity contribution in [1.82, 2.24) is 4.57 Å². The Morgan fingerprint density at radius 3 is 2.31 bits per heavy atom. The Balaban J connectivity index is 1.58. The van der Waals surface area contributed by atoms with E-state index in [-0.39, 0.29) is 0 Å². The smallest absolute Gasteiger partial charge is 0.443 e. The molecular weight excluding hydrogens is 401 g/mol. The van der Waals surface area contributed by atoms with Crippen molar-refractivity contribution >= 4 is 29.7 Å². The summed E-state index contributed by atoms with van der Waals surface area (Å²) < 4.78 is 20.1. The lowest BCUT2D eigenvalue weighted by molar-refractivity contribution is 0.00578. The summed E-state index contributed by atoms with van der Waals surface area (Å²) in [5, 5.41) is 1.04. The van der Waals surface area contributed by atoms with Gasteiger partial charge in [-0.2, -0.15) is 0 Å². The summed E-state index contributed by atoms with van der Waals surface area (Å²) in [5.74, 6) is 2.35. The number of hydrogen-bond acceptors (Lipinski definition) is 4. The monoisotopic (exact) mass is 437 g/mol. The third-order valence-corrected chi connectivity index (χ3v) is 8.09. The molecule has 1 saturated heterocycles. The molecule has 1 aromatic heterocycles. The Morgan fingerprint density at radius 1 is 1.06 bits per heavy atom. The van der Waals surface area contributed by atoms with Gasteiger partial charge in [-0.15, -0.1) is 0 Å². The number of carbonyl (C=O) groups excluding carboxylic acids is 1. The minimum Gasteiger partial charge on any atom is -0.443 e. The Bertz CT molecular complexity index is 1050. The number of benzene rings is 1. The van der Waals surface area contributed by atoms with Gasteiger partial charge in [0.15, 0.2) is 0 Å². The molecule has 3 unspecified atom stereocenters. The summed E-state index contributed by atoms with van der Waals surface area (Å²) in [4.78, 5) is 13.3. The average Bonchev–Trinajstić information content (AvgIpc) is 3.41. The Kier molecular flexibility index (Phi) is 4.89. The van der Waals surface area contributed by atoms with E-state index in [1.54, 1.807) is 4.57 Å². The highest BCUT2D eigenvalue weighted by molar-refractivity contribution is 6.62. The number of rotatable bonds is 2. The molecule has 1 aromatic carbocycles. The predicted octanol–water partition coefficient (Wildman–Crippen LogP) is 5.63. The SMILES string of the molecule is CC(C)(C)OC(=O)n1c(B2OC(C)(C)C(C)(C)O2)cc2cc(C3CC4CCC3C4)ccc21. The lowest BCUT2D eigenvalue weighted by Crippen LogP contribution is -2.43. The number of aromatic nitrogens is 1. The Hall–Kier alpha value is -1.79. The van der Waals surface area contributed by atoms with E-state index >= 15 is 0 Å². The number of ether oxygens (including phenoxy) is 1. The quantitative estimate of drug-likeness (QED) is 0.572. The standard InChI is InChI=1S/C26H36BNO4/c1-24(2,3)30-23(29)28-21-11-10-18(20-13-16-8-9-17(20)12-16)14-19(21)15-22(28)27-31-25(4,5)26(6,7)32-27/h10-11,14-17,20H,8-9,12-13H2,1-7H3. The molecule has 0 radical (unpaired) electrons.